The number of methoxy groups -OCH3 is 1. The Balaban J connectivity index is 2.41. The summed E-state index contributed by atoms with van der Waals surface area (Å²) in [4.78, 5) is 10.9. The Bertz CT molecular complexity index is 362. The molecule has 0 aliphatic rings. The molecule has 2 N–H and O–H groups in total. The first-order valence-electron chi connectivity index (χ1n) is 6.16. The van der Waals surface area contributed by atoms with Crippen molar-refractivity contribution >= 4 is 5.97 Å². The van der Waals surface area contributed by atoms with Gasteiger partial charge in [0.15, 0.2) is 0 Å². The van der Waals surface area contributed by atoms with Crippen LogP contribution in [0.15, 0.2) is 24.3 Å². The van der Waals surface area contributed by atoms with E-state index in [0.29, 0.717) is 6.61 Å². The van der Waals surface area contributed by atoms with Gasteiger partial charge < -0.3 is 15.2 Å². The molecule has 100 valence electrons. The molecule has 0 aromatic heterocycles. The molecule has 0 amide bonds. The number of hydrogen-bond acceptors (Lipinski definition) is 4. The minimum atomic E-state index is -0.388. The quantitative estimate of drug-likeness (QED) is 0.751. The van der Waals surface area contributed by atoms with Crippen LogP contribution >= 0.6 is 0 Å². The number of nitrogens with two attached hydrogens (primary N) is 1. The van der Waals surface area contributed by atoms with E-state index in [2.05, 4.69) is 23.8 Å². The third-order valence-electron chi connectivity index (χ3n) is 2.69. The topological polar surface area (TPSA) is 61.5 Å². The van der Waals surface area contributed by atoms with Crippen LogP contribution in [-0.2, 0) is 20.7 Å². The van der Waals surface area contributed by atoms with Gasteiger partial charge in [0.05, 0.1) is 19.8 Å². The molecule has 18 heavy (non-hydrogen) atoms. The molecule has 4 nitrogen and oxygen atoms in total. The van der Waals surface area contributed by atoms with Gasteiger partial charge in [0, 0.05) is 0 Å². The molecule has 0 saturated carbocycles. The molecule has 1 atom stereocenters. The molecule has 0 aliphatic carbocycles. The Morgan fingerprint density at radius 2 is 2.00 bits per heavy atom. The maximum absolute atomic E-state index is 10.9. The average Bonchev–Trinajstić information content (AvgIpc) is 2.39. The molecule has 1 aromatic rings. The number of aryl methyl sites for hydroxylation is 1. The molecule has 0 heterocycles. The summed E-state index contributed by atoms with van der Waals surface area (Å²) in [6.45, 7) is 2.40. The molecular weight excluding hydrogens is 230 g/mol. The highest BCUT2D eigenvalue weighted by molar-refractivity contribution is 5.70. The van der Waals surface area contributed by atoms with Gasteiger partial charge in [-0.2, -0.15) is 0 Å². The molecule has 0 spiro atoms. The van der Waals surface area contributed by atoms with Gasteiger partial charge in [-0.05, 0) is 17.5 Å². The maximum atomic E-state index is 10.9. The SMILES string of the molecule is CCCc1ccc(C(N)COCC(=O)OC)cc1. The Labute approximate surface area is 108 Å². The largest absolute Gasteiger partial charge is 0.467 e. The smallest absolute Gasteiger partial charge is 0.331 e. The van der Waals surface area contributed by atoms with Gasteiger partial charge in [-0.25, -0.2) is 4.79 Å². The minimum Gasteiger partial charge on any atom is -0.467 e. The predicted molar refractivity (Wildman–Crippen MR) is 70.2 cm³/mol. The van der Waals surface area contributed by atoms with Crippen molar-refractivity contribution in [1.29, 1.82) is 0 Å². The van der Waals surface area contributed by atoms with E-state index in [0.717, 1.165) is 18.4 Å². The number of esters is 1. The van der Waals surface area contributed by atoms with Gasteiger partial charge >= 0.3 is 5.97 Å². The second kappa shape index (κ2) is 7.84. The second-order valence-corrected chi connectivity index (χ2v) is 4.19. The fraction of sp³-hybridized carbons (Fsp3) is 0.500. The minimum absolute atomic E-state index is 0.0574. The van der Waals surface area contributed by atoms with Crippen LogP contribution < -0.4 is 5.73 Å². The zero-order chi connectivity index (χ0) is 13.4. The van der Waals surface area contributed by atoms with Crippen LogP contribution in [0.4, 0.5) is 0 Å². The molecule has 0 aliphatic heterocycles. The summed E-state index contributed by atoms with van der Waals surface area (Å²) >= 11 is 0. The number of carbonyl (C=O) groups is 1. The summed E-state index contributed by atoms with van der Waals surface area (Å²) in [6.07, 6.45) is 2.21. The lowest BCUT2D eigenvalue weighted by atomic mass is 10.0. The van der Waals surface area contributed by atoms with Gasteiger partial charge in [0.2, 0.25) is 0 Å². The van der Waals surface area contributed by atoms with Gasteiger partial charge in [-0.15, -0.1) is 0 Å². The maximum Gasteiger partial charge on any atom is 0.331 e. The van der Waals surface area contributed by atoms with Crippen molar-refractivity contribution in [3.63, 3.8) is 0 Å². The summed E-state index contributed by atoms with van der Waals surface area (Å²) in [6, 6.07) is 7.97. The van der Waals surface area contributed by atoms with Crippen LogP contribution in [0.2, 0.25) is 0 Å². The molecule has 4 heteroatoms. The number of ether oxygens (including phenoxy) is 2. The summed E-state index contributed by atoms with van der Waals surface area (Å²) in [5.74, 6) is -0.388. The van der Waals surface area contributed by atoms with Gasteiger partial charge in [0.1, 0.15) is 6.61 Å². The van der Waals surface area contributed by atoms with Crippen molar-refractivity contribution in [2.24, 2.45) is 5.73 Å². The Morgan fingerprint density at radius 3 is 2.56 bits per heavy atom. The third kappa shape index (κ3) is 4.85. The monoisotopic (exact) mass is 251 g/mol. The van der Waals surface area contributed by atoms with E-state index >= 15 is 0 Å². The summed E-state index contributed by atoms with van der Waals surface area (Å²) < 4.78 is 9.66. The number of rotatable bonds is 7. The first-order chi connectivity index (χ1) is 8.67. The first kappa shape index (κ1) is 14.7. The van der Waals surface area contributed by atoms with Crippen LogP contribution in [0.25, 0.3) is 0 Å². The van der Waals surface area contributed by atoms with Crippen LogP contribution in [0, 0.1) is 0 Å². The van der Waals surface area contributed by atoms with E-state index < -0.39 is 0 Å². The third-order valence-corrected chi connectivity index (χ3v) is 2.69. The van der Waals surface area contributed by atoms with Gasteiger partial charge in [-0.1, -0.05) is 37.6 Å². The second-order valence-electron chi connectivity index (χ2n) is 4.19. The Kier molecular flexibility index (Phi) is 6.39. The van der Waals surface area contributed by atoms with E-state index in [1.165, 1.54) is 12.7 Å². The predicted octanol–water partition coefficient (Wildman–Crippen LogP) is 1.83. The van der Waals surface area contributed by atoms with Crippen LogP contribution in [-0.4, -0.2) is 26.3 Å². The normalized spacial score (nSPS) is 12.2. The van der Waals surface area contributed by atoms with E-state index in [9.17, 15) is 4.79 Å². The average molecular weight is 251 g/mol. The van der Waals surface area contributed by atoms with Crippen LogP contribution in [0.5, 0.6) is 0 Å². The van der Waals surface area contributed by atoms with E-state index in [-0.39, 0.29) is 18.6 Å². The Hall–Kier alpha value is -1.39. The molecular formula is C14H21NO3. The highest BCUT2D eigenvalue weighted by Crippen LogP contribution is 2.13. The van der Waals surface area contributed by atoms with E-state index in [1.807, 2.05) is 12.1 Å². The molecule has 1 rings (SSSR count). The summed E-state index contributed by atoms with van der Waals surface area (Å²) in [5, 5.41) is 0. The van der Waals surface area contributed by atoms with E-state index in [4.69, 9.17) is 10.5 Å². The Morgan fingerprint density at radius 1 is 1.33 bits per heavy atom. The number of hydrogen-bond donors (Lipinski definition) is 1. The van der Waals surface area contributed by atoms with Gasteiger partial charge in [-0.3, -0.25) is 0 Å². The lowest BCUT2D eigenvalue weighted by molar-refractivity contribution is -0.146. The fourth-order valence-corrected chi connectivity index (χ4v) is 1.64. The van der Waals surface area contributed by atoms with Gasteiger partial charge in [0.25, 0.3) is 0 Å². The molecule has 1 aromatic carbocycles. The summed E-state index contributed by atoms with van der Waals surface area (Å²) in [7, 11) is 1.33. The lowest BCUT2D eigenvalue weighted by Gasteiger charge is -2.12. The zero-order valence-electron chi connectivity index (χ0n) is 11.0. The van der Waals surface area contributed by atoms with Crippen LogP contribution in [0.1, 0.15) is 30.5 Å². The molecule has 0 radical (unpaired) electrons. The molecule has 0 bridgehead atoms. The number of benzene rings is 1. The molecule has 0 saturated heterocycles. The molecule has 0 fully saturated rings. The van der Waals surface area contributed by atoms with Crippen molar-refractivity contribution < 1.29 is 14.3 Å². The first-order valence-corrected chi connectivity index (χ1v) is 6.16. The van der Waals surface area contributed by atoms with Crippen molar-refractivity contribution in [2.45, 2.75) is 25.8 Å². The highest BCUT2D eigenvalue weighted by Gasteiger charge is 2.07. The van der Waals surface area contributed by atoms with Crippen molar-refractivity contribution in [2.75, 3.05) is 20.3 Å². The highest BCUT2D eigenvalue weighted by atomic mass is 16.6. The molecule has 1 unspecified atom stereocenters. The van der Waals surface area contributed by atoms with Crippen molar-refractivity contribution in [1.82, 2.24) is 0 Å². The zero-order valence-corrected chi connectivity index (χ0v) is 11.0. The number of carbonyl (C=O) groups excluding carboxylic acids is 1. The van der Waals surface area contributed by atoms with Crippen molar-refractivity contribution in [3.05, 3.63) is 35.4 Å². The van der Waals surface area contributed by atoms with Crippen molar-refractivity contribution in [3.8, 4) is 0 Å². The summed E-state index contributed by atoms with van der Waals surface area (Å²) in [5.41, 5.74) is 8.29. The lowest BCUT2D eigenvalue weighted by Crippen LogP contribution is -2.20. The van der Waals surface area contributed by atoms with Crippen LogP contribution in [0.3, 0.4) is 0 Å². The standard InChI is InChI=1S/C14H21NO3/c1-3-4-11-5-7-12(8-6-11)13(15)9-18-10-14(16)17-2/h5-8,13H,3-4,9-10,15H2,1-2H3. The fourth-order valence-electron chi connectivity index (χ4n) is 1.64. The van der Waals surface area contributed by atoms with E-state index in [1.54, 1.807) is 0 Å².